The maximum Gasteiger partial charge on any atom is 0.320 e. The average molecular weight is 236 g/mol. The summed E-state index contributed by atoms with van der Waals surface area (Å²) < 4.78 is 1.45. The highest BCUT2D eigenvalue weighted by molar-refractivity contribution is 7.99. The second-order valence-corrected chi connectivity index (χ2v) is 4.10. The lowest BCUT2D eigenvalue weighted by molar-refractivity contribution is -0.387. The van der Waals surface area contributed by atoms with Crippen LogP contribution < -0.4 is 0 Å². The van der Waals surface area contributed by atoms with E-state index < -0.39 is 4.92 Å². The molecule has 1 heterocycles. The Morgan fingerprint density at radius 1 is 1.79 bits per heavy atom. The van der Waals surface area contributed by atoms with E-state index in [9.17, 15) is 10.1 Å². The molecule has 0 fully saturated rings. The smallest absolute Gasteiger partial charge is 0.267 e. The summed E-state index contributed by atoms with van der Waals surface area (Å²) >= 11 is 6.87. The van der Waals surface area contributed by atoms with E-state index in [4.69, 9.17) is 11.6 Å². The number of thioether (sulfide) groups is 1. The van der Waals surface area contributed by atoms with E-state index in [1.54, 1.807) is 7.05 Å². The maximum atomic E-state index is 10.6. The van der Waals surface area contributed by atoms with Crippen LogP contribution in [0.25, 0.3) is 0 Å². The zero-order chi connectivity index (χ0) is 10.6. The highest BCUT2D eigenvalue weighted by Crippen LogP contribution is 2.27. The van der Waals surface area contributed by atoms with Gasteiger partial charge in [0.05, 0.1) is 4.92 Å². The molecular formula is C7H10ClN3O2S. The molecule has 0 saturated carbocycles. The Morgan fingerprint density at radius 3 is 3.07 bits per heavy atom. The van der Waals surface area contributed by atoms with Crippen LogP contribution >= 0.6 is 23.4 Å². The standard InChI is InChI=1S/C7H10ClN3O2S/c1-10-5-6(11(12)13)7(9-10)14-4-2-3-8/h5H,2-4H2,1H3. The lowest BCUT2D eigenvalue weighted by atomic mass is 10.6. The van der Waals surface area contributed by atoms with Gasteiger partial charge in [0.1, 0.15) is 6.20 Å². The van der Waals surface area contributed by atoms with Crippen LogP contribution in [0.4, 0.5) is 5.69 Å². The molecule has 0 aliphatic rings. The molecule has 0 radical (unpaired) electrons. The van der Waals surface area contributed by atoms with Crippen molar-refractivity contribution in [1.82, 2.24) is 9.78 Å². The number of halogens is 1. The fraction of sp³-hybridized carbons (Fsp3) is 0.571. The normalized spacial score (nSPS) is 10.4. The van der Waals surface area contributed by atoms with Crippen LogP contribution in [0.2, 0.25) is 0 Å². The van der Waals surface area contributed by atoms with Crippen LogP contribution in [-0.2, 0) is 7.05 Å². The topological polar surface area (TPSA) is 61.0 Å². The zero-order valence-electron chi connectivity index (χ0n) is 7.64. The molecule has 0 atom stereocenters. The number of rotatable bonds is 5. The molecule has 0 spiro atoms. The van der Waals surface area contributed by atoms with E-state index >= 15 is 0 Å². The Kier molecular flexibility index (Phi) is 4.21. The van der Waals surface area contributed by atoms with E-state index in [1.807, 2.05) is 0 Å². The number of alkyl halides is 1. The summed E-state index contributed by atoms with van der Waals surface area (Å²) in [5.74, 6) is 1.31. The summed E-state index contributed by atoms with van der Waals surface area (Å²) in [4.78, 5) is 10.2. The number of aromatic nitrogens is 2. The van der Waals surface area contributed by atoms with Gasteiger partial charge in [-0.1, -0.05) is 11.8 Å². The molecule has 0 aliphatic carbocycles. The van der Waals surface area contributed by atoms with Crippen molar-refractivity contribution in [1.29, 1.82) is 0 Å². The number of aryl methyl sites for hydroxylation is 1. The van der Waals surface area contributed by atoms with E-state index in [0.717, 1.165) is 12.2 Å². The minimum Gasteiger partial charge on any atom is -0.267 e. The van der Waals surface area contributed by atoms with Gasteiger partial charge in [-0.05, 0) is 6.42 Å². The van der Waals surface area contributed by atoms with Crippen LogP contribution in [0.3, 0.4) is 0 Å². The first-order valence-corrected chi connectivity index (χ1v) is 5.54. The molecule has 5 nitrogen and oxygen atoms in total. The quantitative estimate of drug-likeness (QED) is 0.258. The molecular weight excluding hydrogens is 226 g/mol. The second kappa shape index (κ2) is 5.21. The van der Waals surface area contributed by atoms with Crippen molar-refractivity contribution >= 4 is 29.1 Å². The van der Waals surface area contributed by atoms with E-state index in [1.165, 1.54) is 22.6 Å². The number of nitrogens with zero attached hydrogens (tertiary/aromatic N) is 3. The molecule has 7 heteroatoms. The fourth-order valence-corrected chi connectivity index (χ4v) is 2.14. The summed E-state index contributed by atoms with van der Waals surface area (Å²) in [7, 11) is 1.67. The number of hydrogen-bond donors (Lipinski definition) is 0. The molecule has 0 aliphatic heterocycles. The molecule has 0 unspecified atom stereocenters. The van der Waals surface area contributed by atoms with Crippen LogP contribution in [0.1, 0.15) is 6.42 Å². The maximum absolute atomic E-state index is 10.6. The van der Waals surface area contributed by atoms with Crippen LogP contribution in [0, 0.1) is 10.1 Å². The molecule has 0 N–H and O–H groups in total. The van der Waals surface area contributed by atoms with Gasteiger partial charge in [0.2, 0.25) is 0 Å². The minimum atomic E-state index is -0.421. The molecule has 1 rings (SSSR count). The molecule has 0 saturated heterocycles. The third kappa shape index (κ3) is 2.88. The van der Waals surface area contributed by atoms with Crippen molar-refractivity contribution in [3.63, 3.8) is 0 Å². The van der Waals surface area contributed by atoms with Gasteiger partial charge in [0.25, 0.3) is 0 Å². The van der Waals surface area contributed by atoms with E-state index in [0.29, 0.717) is 10.9 Å². The lowest BCUT2D eigenvalue weighted by Crippen LogP contribution is -1.89. The summed E-state index contributed by atoms with van der Waals surface area (Å²) in [5.41, 5.74) is 0.0621. The van der Waals surface area contributed by atoms with Crippen molar-refractivity contribution in [3.05, 3.63) is 16.3 Å². The van der Waals surface area contributed by atoms with Crippen molar-refractivity contribution in [2.24, 2.45) is 7.05 Å². The monoisotopic (exact) mass is 235 g/mol. The Bertz CT molecular complexity index is 329. The summed E-state index contributed by atoms with van der Waals surface area (Å²) in [6, 6.07) is 0. The van der Waals surface area contributed by atoms with Crippen LogP contribution in [0.5, 0.6) is 0 Å². The van der Waals surface area contributed by atoms with E-state index in [2.05, 4.69) is 5.10 Å². The number of hydrogen-bond acceptors (Lipinski definition) is 4. The molecule has 1 aromatic heterocycles. The molecule has 0 amide bonds. The van der Waals surface area contributed by atoms with Crippen molar-refractivity contribution < 1.29 is 4.92 Å². The fourth-order valence-electron chi connectivity index (χ4n) is 0.907. The molecule has 14 heavy (non-hydrogen) atoms. The van der Waals surface area contributed by atoms with Gasteiger partial charge >= 0.3 is 5.69 Å². The van der Waals surface area contributed by atoms with Gasteiger partial charge in [-0.3, -0.25) is 14.8 Å². The largest absolute Gasteiger partial charge is 0.320 e. The highest BCUT2D eigenvalue weighted by Gasteiger charge is 2.18. The van der Waals surface area contributed by atoms with Crippen molar-refractivity contribution in [2.45, 2.75) is 11.4 Å². The SMILES string of the molecule is Cn1cc([N+](=O)[O-])c(SCCCCl)n1. The zero-order valence-corrected chi connectivity index (χ0v) is 9.22. The first kappa shape index (κ1) is 11.3. The second-order valence-electron chi connectivity index (χ2n) is 2.64. The summed E-state index contributed by atoms with van der Waals surface area (Å²) in [6.07, 6.45) is 2.23. The average Bonchev–Trinajstić information content (AvgIpc) is 2.47. The van der Waals surface area contributed by atoms with Gasteiger partial charge in [-0.15, -0.1) is 11.6 Å². The van der Waals surface area contributed by atoms with Gasteiger partial charge in [-0.25, -0.2) is 0 Å². The number of nitro groups is 1. The van der Waals surface area contributed by atoms with Gasteiger partial charge in [0, 0.05) is 18.7 Å². The molecule has 0 bridgehead atoms. The summed E-state index contributed by atoms with van der Waals surface area (Å²) in [6.45, 7) is 0. The molecule has 78 valence electrons. The first-order valence-electron chi connectivity index (χ1n) is 4.02. The third-order valence-corrected chi connectivity index (χ3v) is 2.81. The highest BCUT2D eigenvalue weighted by atomic mass is 35.5. The Morgan fingerprint density at radius 2 is 2.50 bits per heavy atom. The predicted molar refractivity (Wildman–Crippen MR) is 55.9 cm³/mol. The van der Waals surface area contributed by atoms with Gasteiger partial charge < -0.3 is 0 Å². The van der Waals surface area contributed by atoms with Gasteiger partial charge in [0.15, 0.2) is 5.03 Å². The minimum absolute atomic E-state index is 0.0621. The van der Waals surface area contributed by atoms with Crippen LogP contribution in [-0.4, -0.2) is 26.3 Å². The van der Waals surface area contributed by atoms with Crippen LogP contribution in [0.15, 0.2) is 11.2 Å². The van der Waals surface area contributed by atoms with Crippen molar-refractivity contribution in [2.75, 3.05) is 11.6 Å². The molecule has 0 aromatic carbocycles. The van der Waals surface area contributed by atoms with Crippen molar-refractivity contribution in [3.8, 4) is 0 Å². The Hall–Kier alpha value is -0.750. The van der Waals surface area contributed by atoms with Gasteiger partial charge in [-0.2, -0.15) is 5.10 Å². The third-order valence-electron chi connectivity index (χ3n) is 1.49. The summed E-state index contributed by atoms with van der Waals surface area (Å²) in [5, 5.41) is 15.0. The lowest BCUT2D eigenvalue weighted by Gasteiger charge is -1.94. The van der Waals surface area contributed by atoms with E-state index in [-0.39, 0.29) is 5.69 Å². The predicted octanol–water partition coefficient (Wildman–Crippen LogP) is 2.05. The Labute approximate surface area is 90.6 Å². The molecule has 1 aromatic rings. The Balaban J connectivity index is 2.69. The first-order chi connectivity index (χ1) is 6.65.